The lowest BCUT2D eigenvalue weighted by atomic mass is 10.1. The summed E-state index contributed by atoms with van der Waals surface area (Å²) in [5.74, 6) is 0.669. The largest absolute Gasteiger partial charge is 0.573 e. The molecule has 0 radical (unpaired) electrons. The van der Waals surface area contributed by atoms with Crippen molar-refractivity contribution < 1.29 is 17.9 Å². The first kappa shape index (κ1) is 22.2. The molecule has 5 rings (SSSR count). The summed E-state index contributed by atoms with van der Waals surface area (Å²) in [5.41, 5.74) is 4.56. The second-order valence-electron chi connectivity index (χ2n) is 8.21. The van der Waals surface area contributed by atoms with Crippen molar-refractivity contribution in [3.8, 4) is 17.0 Å². The van der Waals surface area contributed by atoms with Gasteiger partial charge in [-0.25, -0.2) is 9.97 Å². The highest BCUT2D eigenvalue weighted by Gasteiger charge is 2.31. The molecule has 0 saturated carbocycles. The van der Waals surface area contributed by atoms with E-state index in [2.05, 4.69) is 14.5 Å². The van der Waals surface area contributed by atoms with Crippen molar-refractivity contribution in [2.24, 2.45) is 0 Å². The molecule has 2 heterocycles. The van der Waals surface area contributed by atoms with E-state index in [1.165, 1.54) is 12.1 Å². The lowest BCUT2D eigenvalue weighted by Gasteiger charge is -2.36. The van der Waals surface area contributed by atoms with Crippen LogP contribution in [-0.2, 0) is 6.54 Å². The summed E-state index contributed by atoms with van der Waals surface area (Å²) in [6.45, 7) is 3.84. The van der Waals surface area contributed by atoms with Crippen LogP contribution in [0.4, 0.5) is 19.0 Å². The molecule has 8 heteroatoms. The third-order valence-electron chi connectivity index (χ3n) is 5.83. The topological polar surface area (TPSA) is 41.5 Å². The molecule has 1 aliphatic heterocycles. The van der Waals surface area contributed by atoms with Gasteiger partial charge in [-0.2, -0.15) is 0 Å². The average molecular weight is 464 g/mol. The Morgan fingerprint density at radius 3 is 2.00 bits per heavy atom. The molecule has 0 unspecified atom stereocenters. The maximum Gasteiger partial charge on any atom is 0.573 e. The molecule has 3 aromatic carbocycles. The highest BCUT2D eigenvalue weighted by atomic mass is 19.4. The molecular weight excluding hydrogens is 441 g/mol. The number of anilines is 1. The molecule has 1 fully saturated rings. The smallest absolute Gasteiger partial charge is 0.406 e. The van der Waals surface area contributed by atoms with E-state index in [1.54, 1.807) is 12.1 Å². The average Bonchev–Trinajstić information content (AvgIpc) is 2.85. The monoisotopic (exact) mass is 464 g/mol. The van der Waals surface area contributed by atoms with Gasteiger partial charge in [-0.1, -0.05) is 54.6 Å². The highest BCUT2D eigenvalue weighted by Crippen LogP contribution is 2.30. The predicted octanol–water partition coefficient (Wildman–Crippen LogP) is 5.52. The van der Waals surface area contributed by atoms with Gasteiger partial charge in [0.2, 0.25) is 0 Å². The zero-order valence-corrected chi connectivity index (χ0v) is 18.4. The van der Waals surface area contributed by atoms with Crippen LogP contribution in [0.3, 0.4) is 0 Å². The Morgan fingerprint density at radius 1 is 0.735 bits per heavy atom. The van der Waals surface area contributed by atoms with Gasteiger partial charge in [0.25, 0.3) is 0 Å². The van der Waals surface area contributed by atoms with E-state index < -0.39 is 6.36 Å². The third kappa shape index (κ3) is 5.12. The van der Waals surface area contributed by atoms with Crippen LogP contribution in [0.15, 0.2) is 78.9 Å². The normalized spacial score (nSPS) is 15.0. The molecule has 5 nitrogen and oxygen atoms in total. The molecule has 34 heavy (non-hydrogen) atoms. The van der Waals surface area contributed by atoms with Crippen molar-refractivity contribution in [3.05, 3.63) is 84.4 Å². The molecule has 0 bridgehead atoms. The molecule has 0 amide bonds. The fraction of sp³-hybridized carbons (Fsp3) is 0.231. The van der Waals surface area contributed by atoms with Crippen molar-refractivity contribution in [3.63, 3.8) is 0 Å². The number of hydrogen-bond donors (Lipinski definition) is 0. The summed E-state index contributed by atoms with van der Waals surface area (Å²) < 4.78 is 41.1. The lowest BCUT2D eigenvalue weighted by molar-refractivity contribution is -0.274. The third-order valence-corrected chi connectivity index (χ3v) is 5.83. The maximum absolute atomic E-state index is 12.4. The summed E-state index contributed by atoms with van der Waals surface area (Å²) in [6.07, 6.45) is -4.68. The molecule has 1 aromatic heterocycles. The highest BCUT2D eigenvalue weighted by molar-refractivity contribution is 5.83. The first-order valence-corrected chi connectivity index (χ1v) is 11.1. The Kier molecular flexibility index (Phi) is 6.06. The number of hydrogen-bond acceptors (Lipinski definition) is 5. The summed E-state index contributed by atoms with van der Waals surface area (Å²) in [7, 11) is 0. The minimum absolute atomic E-state index is 0.204. The molecule has 0 spiro atoms. The molecule has 1 aliphatic rings. The van der Waals surface area contributed by atoms with Crippen molar-refractivity contribution in [1.29, 1.82) is 0 Å². The zero-order chi connectivity index (χ0) is 23.5. The van der Waals surface area contributed by atoms with Gasteiger partial charge < -0.3 is 9.64 Å². The number of fused-ring (bicyclic) bond motifs is 1. The molecule has 1 saturated heterocycles. The number of alkyl halides is 3. The van der Waals surface area contributed by atoms with Crippen LogP contribution in [0.25, 0.3) is 22.3 Å². The van der Waals surface area contributed by atoms with Gasteiger partial charge in [0.1, 0.15) is 11.4 Å². The van der Waals surface area contributed by atoms with E-state index in [9.17, 15) is 13.2 Å². The minimum Gasteiger partial charge on any atom is -0.406 e. The molecule has 174 valence electrons. The van der Waals surface area contributed by atoms with Gasteiger partial charge in [-0.15, -0.1) is 13.2 Å². The fourth-order valence-corrected chi connectivity index (χ4v) is 4.17. The van der Waals surface area contributed by atoms with Gasteiger partial charge in [-0.05, 0) is 29.8 Å². The molecule has 0 atom stereocenters. The molecular formula is C26H23F3N4O. The zero-order valence-electron chi connectivity index (χ0n) is 18.4. The maximum atomic E-state index is 12.4. The van der Waals surface area contributed by atoms with E-state index in [0.29, 0.717) is 6.54 Å². The quantitative estimate of drug-likeness (QED) is 0.389. The first-order chi connectivity index (χ1) is 16.4. The standard InChI is InChI=1S/C26H23F3N4O/c27-26(28,29)34-21-12-10-19(11-13-21)18-32-14-16-33(17-15-32)25-24(20-6-2-1-3-7-20)30-22-8-4-5-9-23(22)31-25/h1-13H,14-18H2. The molecule has 4 aromatic rings. The van der Waals surface area contributed by atoms with Crippen LogP contribution >= 0.6 is 0 Å². The predicted molar refractivity (Wildman–Crippen MR) is 126 cm³/mol. The summed E-state index contributed by atoms with van der Waals surface area (Å²) >= 11 is 0. The number of rotatable bonds is 5. The van der Waals surface area contributed by atoms with Gasteiger partial charge in [0.15, 0.2) is 5.82 Å². The Labute approximate surface area is 195 Å². The van der Waals surface area contributed by atoms with Crippen LogP contribution in [0.2, 0.25) is 0 Å². The van der Waals surface area contributed by atoms with E-state index in [0.717, 1.165) is 59.9 Å². The number of ether oxygens (including phenoxy) is 1. The van der Waals surface area contributed by atoms with Gasteiger partial charge in [-0.3, -0.25) is 4.90 Å². The van der Waals surface area contributed by atoms with Crippen LogP contribution in [-0.4, -0.2) is 47.4 Å². The number of para-hydroxylation sites is 2. The van der Waals surface area contributed by atoms with Gasteiger partial charge >= 0.3 is 6.36 Å². The van der Waals surface area contributed by atoms with Crippen molar-refractivity contribution in [1.82, 2.24) is 14.9 Å². The van der Waals surface area contributed by atoms with Crippen LogP contribution in [0.1, 0.15) is 5.56 Å². The van der Waals surface area contributed by atoms with E-state index in [4.69, 9.17) is 9.97 Å². The second kappa shape index (κ2) is 9.30. The van der Waals surface area contributed by atoms with E-state index >= 15 is 0 Å². The number of halogens is 3. The molecule has 0 aliphatic carbocycles. The Morgan fingerprint density at radius 2 is 1.35 bits per heavy atom. The van der Waals surface area contributed by atoms with E-state index in [-0.39, 0.29) is 5.75 Å². The number of benzene rings is 3. The van der Waals surface area contributed by atoms with Crippen molar-refractivity contribution in [2.75, 3.05) is 31.1 Å². The Hall–Kier alpha value is -3.65. The van der Waals surface area contributed by atoms with E-state index in [1.807, 2.05) is 54.6 Å². The summed E-state index contributed by atoms with van der Waals surface area (Å²) in [5, 5.41) is 0. The Balaban J connectivity index is 1.30. The van der Waals surface area contributed by atoms with Crippen LogP contribution in [0.5, 0.6) is 5.75 Å². The number of aromatic nitrogens is 2. The lowest BCUT2D eigenvalue weighted by Crippen LogP contribution is -2.46. The van der Waals surface area contributed by atoms with Crippen molar-refractivity contribution >= 4 is 16.9 Å². The molecule has 0 N–H and O–H groups in total. The fourth-order valence-electron chi connectivity index (χ4n) is 4.17. The first-order valence-electron chi connectivity index (χ1n) is 11.1. The Bertz CT molecular complexity index is 1250. The SMILES string of the molecule is FC(F)(F)Oc1ccc(CN2CCN(c3nc4ccccc4nc3-c3ccccc3)CC2)cc1. The van der Waals surface area contributed by atoms with Crippen molar-refractivity contribution in [2.45, 2.75) is 12.9 Å². The second-order valence-corrected chi connectivity index (χ2v) is 8.21. The minimum atomic E-state index is -4.68. The van der Waals surface area contributed by atoms with Crippen LogP contribution < -0.4 is 9.64 Å². The summed E-state index contributed by atoms with van der Waals surface area (Å²) in [4.78, 5) is 14.4. The number of piperazine rings is 1. The van der Waals surface area contributed by atoms with Gasteiger partial charge in [0, 0.05) is 38.3 Å². The van der Waals surface area contributed by atoms with Crippen LogP contribution in [0, 0.1) is 0 Å². The summed E-state index contributed by atoms with van der Waals surface area (Å²) in [6, 6.07) is 24.0. The number of nitrogens with zero attached hydrogens (tertiary/aromatic N) is 4. The van der Waals surface area contributed by atoms with Gasteiger partial charge in [0.05, 0.1) is 11.0 Å².